The van der Waals surface area contributed by atoms with Crippen LogP contribution in [0, 0.1) is 5.92 Å². The lowest BCUT2D eigenvalue weighted by Gasteiger charge is -2.28. The summed E-state index contributed by atoms with van der Waals surface area (Å²) in [5.74, 6) is -0.600. The van der Waals surface area contributed by atoms with E-state index in [0.717, 1.165) is 18.3 Å². The van der Waals surface area contributed by atoms with Gasteiger partial charge in [-0.1, -0.05) is 0 Å². The summed E-state index contributed by atoms with van der Waals surface area (Å²) >= 11 is 0. The molecule has 1 aliphatic carbocycles. The van der Waals surface area contributed by atoms with Crippen molar-refractivity contribution in [2.45, 2.75) is 44.6 Å². The summed E-state index contributed by atoms with van der Waals surface area (Å²) in [5, 5.41) is 2.72. The highest BCUT2D eigenvalue weighted by Gasteiger charge is 2.32. The van der Waals surface area contributed by atoms with Crippen molar-refractivity contribution >= 4 is 11.6 Å². The van der Waals surface area contributed by atoms with Crippen molar-refractivity contribution < 1.29 is 36.2 Å². The summed E-state index contributed by atoms with van der Waals surface area (Å²) in [6.45, 7) is -2.92. The van der Waals surface area contributed by atoms with E-state index >= 15 is 0 Å². The van der Waals surface area contributed by atoms with E-state index in [2.05, 4.69) is 15.0 Å². The maximum atomic E-state index is 12.8. The first-order valence-corrected chi connectivity index (χ1v) is 9.26. The van der Waals surface area contributed by atoms with Gasteiger partial charge in [0.15, 0.2) is 0 Å². The number of carbonyl (C=O) groups excluding carboxylic acids is 1. The summed E-state index contributed by atoms with van der Waals surface area (Å²) in [6, 6.07) is 7.32. The van der Waals surface area contributed by atoms with Crippen molar-refractivity contribution in [3.8, 4) is 11.6 Å². The molecule has 1 N–H and O–H groups in total. The molecule has 30 heavy (non-hydrogen) atoms. The molecule has 1 amide bonds. The number of amides is 1. The van der Waals surface area contributed by atoms with Crippen LogP contribution >= 0.6 is 0 Å². The van der Waals surface area contributed by atoms with Gasteiger partial charge in [-0.25, -0.2) is 4.98 Å². The van der Waals surface area contributed by atoms with E-state index < -0.39 is 18.4 Å². The number of hydrogen-bond acceptors (Lipinski definition) is 4. The fraction of sp³-hybridized carbons (Fsp3) is 0.400. The molecule has 0 unspecified atom stereocenters. The molecule has 0 aliphatic heterocycles. The molecular weight excluding hydrogens is 411 g/mol. The Morgan fingerprint density at radius 1 is 1.07 bits per heavy atom. The van der Waals surface area contributed by atoms with Gasteiger partial charge in [0.1, 0.15) is 11.9 Å². The SMILES string of the molecule is O=C(Nc1ccc(OC(F)F)cc1)C1CCC(Oc2cc(C(F)(F)F)ccn2)CC1. The Bertz CT molecular complexity index is 850. The quantitative estimate of drug-likeness (QED) is 0.634. The summed E-state index contributed by atoms with van der Waals surface area (Å²) in [4.78, 5) is 16.2. The number of hydrogen-bond donors (Lipinski definition) is 1. The monoisotopic (exact) mass is 430 g/mol. The molecular formula is C20H19F5N2O3. The molecule has 1 aliphatic rings. The maximum absolute atomic E-state index is 12.8. The van der Waals surface area contributed by atoms with Crippen LogP contribution in [0.25, 0.3) is 0 Å². The van der Waals surface area contributed by atoms with Gasteiger partial charge in [-0.2, -0.15) is 22.0 Å². The van der Waals surface area contributed by atoms with Crippen LogP contribution in [0.4, 0.5) is 27.6 Å². The number of ether oxygens (including phenoxy) is 2. The molecule has 2 aromatic rings. The molecule has 0 saturated heterocycles. The number of anilines is 1. The second kappa shape index (κ2) is 9.27. The highest BCUT2D eigenvalue weighted by molar-refractivity contribution is 5.92. The molecule has 1 saturated carbocycles. The lowest BCUT2D eigenvalue weighted by molar-refractivity contribution is -0.137. The number of nitrogens with one attached hydrogen (secondary N) is 1. The Hall–Kier alpha value is -2.91. The van der Waals surface area contributed by atoms with Crippen LogP contribution in [-0.2, 0) is 11.0 Å². The highest BCUT2D eigenvalue weighted by Crippen LogP contribution is 2.32. The molecule has 3 rings (SSSR count). The zero-order valence-electron chi connectivity index (χ0n) is 15.7. The summed E-state index contributed by atoms with van der Waals surface area (Å²) in [5.41, 5.74) is -0.376. The number of carbonyl (C=O) groups is 1. The van der Waals surface area contributed by atoms with Crippen molar-refractivity contribution in [2.75, 3.05) is 5.32 Å². The number of halogens is 5. The standard InChI is InChI=1S/C20H19F5N2O3/c21-19(22)30-16-7-3-14(4-8-16)27-18(28)12-1-5-15(6-2-12)29-17-11-13(9-10-26-17)20(23,24)25/h3-4,7-12,15,19H,1-2,5-6H2,(H,27,28). The van der Waals surface area contributed by atoms with Gasteiger partial charge in [0, 0.05) is 23.9 Å². The molecule has 0 atom stereocenters. The fourth-order valence-corrected chi connectivity index (χ4v) is 3.23. The number of alkyl halides is 5. The molecule has 5 nitrogen and oxygen atoms in total. The van der Waals surface area contributed by atoms with Gasteiger partial charge in [-0.15, -0.1) is 0 Å². The number of aromatic nitrogens is 1. The first-order valence-electron chi connectivity index (χ1n) is 9.26. The Morgan fingerprint density at radius 2 is 1.73 bits per heavy atom. The van der Waals surface area contributed by atoms with Gasteiger partial charge in [0.05, 0.1) is 5.56 Å². The minimum absolute atomic E-state index is 0.0103. The van der Waals surface area contributed by atoms with E-state index in [-0.39, 0.29) is 29.6 Å². The lowest BCUT2D eigenvalue weighted by atomic mass is 9.86. The molecule has 0 bridgehead atoms. The molecule has 0 spiro atoms. The average Bonchev–Trinajstić information content (AvgIpc) is 2.69. The van der Waals surface area contributed by atoms with Gasteiger partial charge in [0.2, 0.25) is 11.8 Å². The zero-order chi connectivity index (χ0) is 21.7. The van der Waals surface area contributed by atoms with Gasteiger partial charge in [-0.05, 0) is 56.0 Å². The van der Waals surface area contributed by atoms with Gasteiger partial charge < -0.3 is 14.8 Å². The van der Waals surface area contributed by atoms with Crippen LogP contribution in [-0.4, -0.2) is 23.6 Å². The molecule has 10 heteroatoms. The second-order valence-corrected chi connectivity index (χ2v) is 6.86. The van der Waals surface area contributed by atoms with Gasteiger partial charge in [0.25, 0.3) is 0 Å². The normalized spacial score (nSPS) is 19.4. The van der Waals surface area contributed by atoms with Gasteiger partial charge in [-0.3, -0.25) is 4.79 Å². The Kier molecular flexibility index (Phi) is 6.73. The zero-order valence-corrected chi connectivity index (χ0v) is 15.7. The number of nitrogens with zero attached hydrogens (tertiary/aromatic N) is 1. The van der Waals surface area contributed by atoms with E-state index in [1.807, 2.05) is 0 Å². The maximum Gasteiger partial charge on any atom is 0.416 e. The first kappa shape index (κ1) is 21.8. The van der Waals surface area contributed by atoms with E-state index in [1.165, 1.54) is 24.3 Å². The summed E-state index contributed by atoms with van der Waals surface area (Å²) < 4.78 is 72.5. The number of rotatable bonds is 6. The smallest absolute Gasteiger partial charge is 0.416 e. The Balaban J connectivity index is 1.49. The topological polar surface area (TPSA) is 60.5 Å². The average molecular weight is 430 g/mol. The van der Waals surface area contributed by atoms with Crippen molar-refractivity contribution in [3.05, 3.63) is 48.2 Å². The van der Waals surface area contributed by atoms with E-state index in [9.17, 15) is 26.7 Å². The van der Waals surface area contributed by atoms with Crippen LogP contribution in [0.1, 0.15) is 31.2 Å². The van der Waals surface area contributed by atoms with E-state index in [0.29, 0.717) is 31.4 Å². The third kappa shape index (κ3) is 6.04. The second-order valence-electron chi connectivity index (χ2n) is 6.86. The van der Waals surface area contributed by atoms with Crippen LogP contribution in [0.15, 0.2) is 42.6 Å². The molecule has 162 valence electrons. The third-order valence-electron chi connectivity index (χ3n) is 4.74. The summed E-state index contributed by atoms with van der Waals surface area (Å²) in [6.07, 6.45) is -1.75. The van der Waals surface area contributed by atoms with E-state index in [1.54, 1.807) is 0 Å². The van der Waals surface area contributed by atoms with Crippen molar-refractivity contribution in [2.24, 2.45) is 5.92 Å². The largest absolute Gasteiger partial charge is 0.474 e. The van der Waals surface area contributed by atoms with E-state index in [4.69, 9.17) is 4.74 Å². The van der Waals surface area contributed by atoms with Crippen molar-refractivity contribution in [1.29, 1.82) is 0 Å². The first-order chi connectivity index (χ1) is 14.2. The lowest BCUT2D eigenvalue weighted by Crippen LogP contribution is -2.31. The van der Waals surface area contributed by atoms with Crippen LogP contribution in [0.5, 0.6) is 11.6 Å². The predicted octanol–water partition coefficient (Wildman–Crippen LogP) is 5.28. The molecule has 1 aromatic heterocycles. The molecule has 1 aromatic carbocycles. The van der Waals surface area contributed by atoms with Gasteiger partial charge >= 0.3 is 12.8 Å². The Morgan fingerprint density at radius 3 is 2.33 bits per heavy atom. The highest BCUT2D eigenvalue weighted by atomic mass is 19.4. The number of pyridine rings is 1. The molecule has 1 fully saturated rings. The number of benzene rings is 1. The fourth-order valence-electron chi connectivity index (χ4n) is 3.23. The molecule has 0 radical (unpaired) electrons. The van der Waals surface area contributed by atoms with Crippen LogP contribution in [0.3, 0.4) is 0 Å². The van der Waals surface area contributed by atoms with Crippen LogP contribution < -0.4 is 14.8 Å². The minimum atomic E-state index is -4.47. The van der Waals surface area contributed by atoms with Crippen molar-refractivity contribution in [1.82, 2.24) is 4.98 Å². The predicted molar refractivity (Wildman–Crippen MR) is 97.3 cm³/mol. The minimum Gasteiger partial charge on any atom is -0.474 e. The van der Waals surface area contributed by atoms with Crippen molar-refractivity contribution in [3.63, 3.8) is 0 Å². The summed E-state index contributed by atoms with van der Waals surface area (Å²) in [7, 11) is 0. The van der Waals surface area contributed by atoms with Crippen LogP contribution in [0.2, 0.25) is 0 Å². The Labute approximate surface area is 169 Å². The molecule has 1 heterocycles. The third-order valence-corrected chi connectivity index (χ3v) is 4.74.